The Kier molecular flexibility index (Phi) is 3.72. The highest BCUT2D eigenvalue weighted by Crippen LogP contribution is 2.32. The van der Waals surface area contributed by atoms with Crippen LogP contribution >= 0.6 is 0 Å². The largest absolute Gasteiger partial charge is 0.493 e. The second kappa shape index (κ2) is 6.07. The number of aryl methyl sites for hydroxylation is 1. The quantitative estimate of drug-likeness (QED) is 0.737. The van der Waals surface area contributed by atoms with E-state index in [1.54, 1.807) is 37.3 Å². The molecule has 132 valence electrons. The maximum Gasteiger partial charge on any atom is 0.274 e. The first-order valence-electron chi connectivity index (χ1n) is 7.92. The molecular formula is C18H15N3O5. The van der Waals surface area contributed by atoms with Gasteiger partial charge in [-0.15, -0.1) is 0 Å². The molecule has 0 unspecified atom stereocenters. The maximum atomic E-state index is 12.6. The minimum atomic E-state index is -0.700. The molecule has 0 saturated carbocycles. The van der Waals surface area contributed by atoms with Crippen molar-refractivity contribution >= 4 is 11.6 Å². The SMILES string of the molecule is Cc1cccn2c(=O)c(C(=O)NCc3ccc4c(c3)OCO4)c(O)nc12. The van der Waals surface area contributed by atoms with Gasteiger partial charge in [-0.25, -0.2) is 0 Å². The van der Waals surface area contributed by atoms with Gasteiger partial charge in [0.25, 0.3) is 11.5 Å². The van der Waals surface area contributed by atoms with E-state index >= 15 is 0 Å². The molecule has 1 amide bonds. The van der Waals surface area contributed by atoms with Crippen LogP contribution in [0.5, 0.6) is 17.4 Å². The van der Waals surface area contributed by atoms with Crippen LogP contribution in [0.1, 0.15) is 21.5 Å². The number of aromatic nitrogens is 2. The maximum absolute atomic E-state index is 12.6. The lowest BCUT2D eigenvalue weighted by atomic mass is 10.2. The Morgan fingerprint density at radius 1 is 1.31 bits per heavy atom. The highest BCUT2D eigenvalue weighted by molar-refractivity contribution is 5.96. The molecule has 0 bridgehead atoms. The number of pyridine rings is 1. The third kappa shape index (κ3) is 2.61. The van der Waals surface area contributed by atoms with Gasteiger partial charge < -0.3 is 19.9 Å². The van der Waals surface area contributed by atoms with Crippen LogP contribution in [0, 0.1) is 6.92 Å². The highest BCUT2D eigenvalue weighted by Gasteiger charge is 2.20. The number of nitrogens with one attached hydrogen (secondary N) is 1. The van der Waals surface area contributed by atoms with Gasteiger partial charge >= 0.3 is 0 Å². The Bertz CT molecular complexity index is 1090. The number of fused-ring (bicyclic) bond motifs is 2. The van der Waals surface area contributed by atoms with E-state index in [0.717, 1.165) is 5.56 Å². The topological polar surface area (TPSA) is 102 Å². The van der Waals surface area contributed by atoms with E-state index in [1.165, 1.54) is 10.6 Å². The fourth-order valence-corrected chi connectivity index (χ4v) is 2.81. The number of carbonyl (C=O) groups excluding carboxylic acids is 1. The van der Waals surface area contributed by atoms with Crippen LogP contribution in [0.3, 0.4) is 0 Å². The van der Waals surface area contributed by atoms with Crippen molar-refractivity contribution in [2.45, 2.75) is 13.5 Å². The third-order valence-electron chi connectivity index (χ3n) is 4.15. The van der Waals surface area contributed by atoms with E-state index in [4.69, 9.17) is 9.47 Å². The molecule has 4 rings (SSSR count). The van der Waals surface area contributed by atoms with Gasteiger partial charge in [0.05, 0.1) is 0 Å². The molecule has 2 N–H and O–H groups in total. The summed E-state index contributed by atoms with van der Waals surface area (Å²) in [5, 5.41) is 12.7. The Morgan fingerprint density at radius 2 is 2.12 bits per heavy atom. The van der Waals surface area contributed by atoms with Crippen LogP contribution in [0.15, 0.2) is 41.3 Å². The third-order valence-corrected chi connectivity index (χ3v) is 4.15. The van der Waals surface area contributed by atoms with Gasteiger partial charge in [0.1, 0.15) is 5.65 Å². The highest BCUT2D eigenvalue weighted by atomic mass is 16.7. The Labute approximate surface area is 147 Å². The molecule has 3 heterocycles. The molecule has 8 nitrogen and oxygen atoms in total. The van der Waals surface area contributed by atoms with Gasteiger partial charge in [-0.05, 0) is 36.2 Å². The van der Waals surface area contributed by atoms with Crippen molar-refractivity contribution in [1.29, 1.82) is 0 Å². The van der Waals surface area contributed by atoms with E-state index in [1.807, 2.05) is 0 Å². The number of hydrogen-bond acceptors (Lipinski definition) is 6. The zero-order valence-corrected chi connectivity index (χ0v) is 13.9. The molecule has 8 heteroatoms. The number of nitrogens with zero attached hydrogens (tertiary/aromatic N) is 2. The van der Waals surface area contributed by atoms with Crippen molar-refractivity contribution in [3.05, 3.63) is 63.6 Å². The summed E-state index contributed by atoms with van der Waals surface area (Å²) in [7, 11) is 0. The molecule has 0 atom stereocenters. The van der Waals surface area contributed by atoms with Gasteiger partial charge in [0.2, 0.25) is 12.7 Å². The second-order valence-corrected chi connectivity index (χ2v) is 5.87. The zero-order valence-electron chi connectivity index (χ0n) is 13.9. The van der Waals surface area contributed by atoms with Crippen LogP contribution in [0.4, 0.5) is 0 Å². The van der Waals surface area contributed by atoms with Crippen LogP contribution in [0.2, 0.25) is 0 Å². The molecule has 0 saturated heterocycles. The van der Waals surface area contributed by atoms with Gasteiger partial charge in [0, 0.05) is 12.7 Å². The van der Waals surface area contributed by atoms with Crippen molar-refractivity contribution in [3.63, 3.8) is 0 Å². The molecule has 1 aromatic carbocycles. The van der Waals surface area contributed by atoms with E-state index in [0.29, 0.717) is 22.7 Å². The first-order chi connectivity index (χ1) is 12.5. The Morgan fingerprint density at radius 3 is 2.96 bits per heavy atom. The van der Waals surface area contributed by atoms with E-state index in [9.17, 15) is 14.7 Å². The van der Waals surface area contributed by atoms with E-state index in [-0.39, 0.29) is 13.3 Å². The van der Waals surface area contributed by atoms with E-state index < -0.39 is 22.9 Å². The number of ether oxygens (including phenoxy) is 2. The Balaban J connectivity index is 1.61. The zero-order chi connectivity index (χ0) is 18.3. The average molecular weight is 353 g/mol. The molecule has 0 aliphatic carbocycles. The monoisotopic (exact) mass is 353 g/mol. The number of aromatic hydroxyl groups is 1. The standard InChI is InChI=1S/C18H15N3O5/c1-10-3-2-6-21-15(10)20-17(23)14(18(21)24)16(22)19-8-11-4-5-12-13(7-11)26-9-25-12/h2-7,23H,8-9H2,1H3,(H,19,22). The lowest BCUT2D eigenvalue weighted by molar-refractivity contribution is 0.0945. The number of rotatable bonds is 3. The summed E-state index contributed by atoms with van der Waals surface area (Å²) in [4.78, 5) is 29.0. The predicted molar refractivity (Wildman–Crippen MR) is 91.6 cm³/mol. The first-order valence-corrected chi connectivity index (χ1v) is 7.92. The van der Waals surface area contributed by atoms with Crippen molar-refractivity contribution in [2.75, 3.05) is 6.79 Å². The second-order valence-electron chi connectivity index (χ2n) is 5.87. The molecule has 26 heavy (non-hydrogen) atoms. The van der Waals surface area contributed by atoms with Crippen LogP contribution in [-0.4, -0.2) is 27.2 Å². The number of hydrogen-bond donors (Lipinski definition) is 2. The van der Waals surface area contributed by atoms with Gasteiger partial charge in [0.15, 0.2) is 17.1 Å². The average Bonchev–Trinajstić information content (AvgIpc) is 3.09. The van der Waals surface area contributed by atoms with Crippen molar-refractivity contribution in [2.24, 2.45) is 0 Å². The van der Waals surface area contributed by atoms with Crippen molar-refractivity contribution in [3.8, 4) is 17.4 Å². The lowest BCUT2D eigenvalue weighted by Gasteiger charge is -2.09. The summed E-state index contributed by atoms with van der Waals surface area (Å²) in [6.07, 6.45) is 1.51. The molecule has 0 fully saturated rings. The van der Waals surface area contributed by atoms with Crippen LogP contribution in [0.25, 0.3) is 5.65 Å². The first kappa shape index (κ1) is 15.9. The molecule has 1 aliphatic rings. The van der Waals surface area contributed by atoms with Crippen LogP contribution in [-0.2, 0) is 6.54 Å². The fraction of sp³-hybridized carbons (Fsp3) is 0.167. The summed E-state index contributed by atoms with van der Waals surface area (Å²) in [5.41, 5.74) is 0.773. The molecule has 1 aliphatic heterocycles. The minimum absolute atomic E-state index is 0.158. The Hall–Kier alpha value is -3.55. The predicted octanol–water partition coefficient (Wildman–Crippen LogP) is 1.37. The summed E-state index contributed by atoms with van der Waals surface area (Å²) in [5.74, 6) is -0.0476. The number of amides is 1. The van der Waals surface area contributed by atoms with Gasteiger partial charge in [-0.1, -0.05) is 12.1 Å². The van der Waals surface area contributed by atoms with Crippen molar-refractivity contribution in [1.82, 2.24) is 14.7 Å². The molecule has 2 aromatic heterocycles. The smallest absolute Gasteiger partial charge is 0.274 e. The lowest BCUT2D eigenvalue weighted by Crippen LogP contribution is -2.31. The van der Waals surface area contributed by atoms with Crippen LogP contribution < -0.4 is 20.3 Å². The summed E-state index contributed by atoms with van der Waals surface area (Å²) < 4.78 is 11.8. The normalized spacial score (nSPS) is 12.3. The molecular weight excluding hydrogens is 338 g/mol. The summed E-state index contributed by atoms with van der Waals surface area (Å²) >= 11 is 0. The molecule has 3 aromatic rings. The molecule has 0 spiro atoms. The summed E-state index contributed by atoms with van der Waals surface area (Å²) in [6, 6.07) is 8.72. The number of carbonyl (C=O) groups is 1. The van der Waals surface area contributed by atoms with Gasteiger partial charge in [-0.2, -0.15) is 4.98 Å². The number of benzene rings is 1. The minimum Gasteiger partial charge on any atom is -0.493 e. The molecule has 0 radical (unpaired) electrons. The van der Waals surface area contributed by atoms with Gasteiger partial charge in [-0.3, -0.25) is 14.0 Å². The van der Waals surface area contributed by atoms with Crippen molar-refractivity contribution < 1.29 is 19.4 Å². The van der Waals surface area contributed by atoms with E-state index in [2.05, 4.69) is 10.3 Å². The summed E-state index contributed by atoms with van der Waals surface area (Å²) in [6.45, 7) is 2.09. The fourth-order valence-electron chi connectivity index (χ4n) is 2.81.